The van der Waals surface area contributed by atoms with Gasteiger partial charge in [0.2, 0.25) is 0 Å². The monoisotopic (exact) mass is 259 g/mol. The lowest BCUT2D eigenvalue weighted by molar-refractivity contribution is 0.485. The highest BCUT2D eigenvalue weighted by atomic mass is 35.5. The summed E-state index contributed by atoms with van der Waals surface area (Å²) in [5.74, 6) is 0. The lowest BCUT2D eigenvalue weighted by atomic mass is 10.2. The summed E-state index contributed by atoms with van der Waals surface area (Å²) in [6.45, 7) is 1.75. The van der Waals surface area contributed by atoms with Crippen molar-refractivity contribution in [3.63, 3.8) is 0 Å². The van der Waals surface area contributed by atoms with Gasteiger partial charge in [-0.15, -0.1) is 0 Å². The third-order valence-corrected chi connectivity index (χ3v) is 3.47. The van der Waals surface area contributed by atoms with Gasteiger partial charge in [-0.1, -0.05) is 34.5 Å². The van der Waals surface area contributed by atoms with Gasteiger partial charge in [0.1, 0.15) is 5.01 Å². The molecular weight excluding hydrogens is 253 g/mol. The molecule has 0 unspecified atom stereocenters. The average molecular weight is 260 g/mol. The van der Waals surface area contributed by atoms with Crippen LogP contribution in [0.4, 0.5) is 0 Å². The fourth-order valence-electron chi connectivity index (χ4n) is 1.17. The first-order valence-corrected chi connectivity index (χ1v) is 5.77. The summed E-state index contributed by atoms with van der Waals surface area (Å²) < 4.78 is 0. The highest BCUT2D eigenvalue weighted by Crippen LogP contribution is 2.36. The topological polar surface area (TPSA) is 33.1 Å². The van der Waals surface area contributed by atoms with Gasteiger partial charge in [-0.3, -0.25) is 0 Å². The van der Waals surface area contributed by atoms with Crippen molar-refractivity contribution in [2.24, 2.45) is 0 Å². The standard InChI is InChI=1S/C10H7Cl2NOS/c1-5-10(14)15-9(13-5)7-3-2-6(11)4-8(7)12/h2-4,14H,1H3. The molecule has 2 rings (SSSR count). The van der Waals surface area contributed by atoms with Gasteiger partial charge in [0.25, 0.3) is 0 Å². The second kappa shape index (κ2) is 4.00. The van der Waals surface area contributed by atoms with Gasteiger partial charge < -0.3 is 5.11 Å². The molecule has 0 atom stereocenters. The van der Waals surface area contributed by atoms with Gasteiger partial charge in [-0.05, 0) is 25.1 Å². The minimum Gasteiger partial charge on any atom is -0.498 e. The molecule has 15 heavy (non-hydrogen) atoms. The molecule has 1 heterocycles. The first-order valence-electron chi connectivity index (χ1n) is 4.20. The molecule has 0 saturated carbocycles. The van der Waals surface area contributed by atoms with Crippen molar-refractivity contribution in [2.75, 3.05) is 0 Å². The Kier molecular flexibility index (Phi) is 2.87. The van der Waals surface area contributed by atoms with E-state index in [1.807, 2.05) is 0 Å². The maximum absolute atomic E-state index is 9.43. The minimum absolute atomic E-state index is 0.219. The van der Waals surface area contributed by atoms with E-state index >= 15 is 0 Å². The van der Waals surface area contributed by atoms with Crippen molar-refractivity contribution in [1.29, 1.82) is 0 Å². The number of nitrogens with zero attached hydrogens (tertiary/aromatic N) is 1. The Hall–Kier alpha value is -0.770. The van der Waals surface area contributed by atoms with E-state index in [1.165, 1.54) is 11.3 Å². The number of benzene rings is 1. The van der Waals surface area contributed by atoms with E-state index in [4.69, 9.17) is 23.2 Å². The number of halogens is 2. The van der Waals surface area contributed by atoms with E-state index in [0.717, 1.165) is 5.56 Å². The molecule has 0 aliphatic carbocycles. The van der Waals surface area contributed by atoms with E-state index in [2.05, 4.69) is 4.98 Å². The molecule has 0 spiro atoms. The van der Waals surface area contributed by atoms with Crippen molar-refractivity contribution in [3.8, 4) is 15.6 Å². The summed E-state index contributed by atoms with van der Waals surface area (Å²) in [7, 11) is 0. The summed E-state index contributed by atoms with van der Waals surface area (Å²) in [5.41, 5.74) is 1.40. The Labute approximate surface area is 101 Å². The maximum Gasteiger partial charge on any atom is 0.195 e. The highest BCUT2D eigenvalue weighted by molar-refractivity contribution is 7.16. The minimum atomic E-state index is 0.219. The van der Waals surface area contributed by atoms with Crippen LogP contribution in [0.3, 0.4) is 0 Å². The second-order valence-electron chi connectivity index (χ2n) is 3.03. The lowest BCUT2D eigenvalue weighted by Gasteiger charge is -1.99. The molecule has 1 aromatic heterocycles. The summed E-state index contributed by atoms with van der Waals surface area (Å²) in [6.07, 6.45) is 0. The van der Waals surface area contributed by atoms with Gasteiger partial charge in [-0.25, -0.2) is 4.98 Å². The summed E-state index contributed by atoms with van der Waals surface area (Å²) in [5, 5.41) is 11.5. The Morgan fingerprint density at radius 3 is 2.60 bits per heavy atom. The predicted molar refractivity (Wildman–Crippen MR) is 64.0 cm³/mol. The fraction of sp³-hybridized carbons (Fsp3) is 0.100. The third-order valence-electron chi connectivity index (χ3n) is 1.93. The smallest absolute Gasteiger partial charge is 0.195 e. The van der Waals surface area contributed by atoms with Gasteiger partial charge >= 0.3 is 0 Å². The fourth-order valence-corrected chi connectivity index (χ4v) is 2.57. The van der Waals surface area contributed by atoms with Gasteiger partial charge in [0, 0.05) is 10.6 Å². The number of hydrogen-bond donors (Lipinski definition) is 1. The van der Waals surface area contributed by atoms with E-state index in [0.29, 0.717) is 20.7 Å². The molecular formula is C10H7Cl2NOS. The summed E-state index contributed by atoms with van der Waals surface area (Å²) in [4.78, 5) is 4.21. The van der Waals surface area contributed by atoms with Crippen LogP contribution in [-0.2, 0) is 0 Å². The molecule has 0 aliphatic rings. The van der Waals surface area contributed by atoms with Gasteiger partial charge in [0.05, 0.1) is 10.7 Å². The zero-order chi connectivity index (χ0) is 11.0. The van der Waals surface area contributed by atoms with Crippen molar-refractivity contribution >= 4 is 34.5 Å². The van der Waals surface area contributed by atoms with Crippen molar-refractivity contribution in [1.82, 2.24) is 4.98 Å². The SMILES string of the molecule is Cc1nc(-c2ccc(Cl)cc2Cl)sc1O. The van der Waals surface area contributed by atoms with Gasteiger partial charge in [0.15, 0.2) is 5.06 Å². The van der Waals surface area contributed by atoms with Crippen LogP contribution in [0.25, 0.3) is 10.6 Å². The Bertz CT molecular complexity index is 491. The van der Waals surface area contributed by atoms with E-state index < -0.39 is 0 Å². The van der Waals surface area contributed by atoms with E-state index in [-0.39, 0.29) is 5.06 Å². The number of aryl methyl sites for hydroxylation is 1. The Morgan fingerprint density at radius 2 is 2.07 bits per heavy atom. The molecule has 0 aliphatic heterocycles. The number of hydrogen-bond acceptors (Lipinski definition) is 3. The lowest BCUT2D eigenvalue weighted by Crippen LogP contribution is -1.79. The molecule has 1 N–H and O–H groups in total. The number of thiazole rings is 1. The molecule has 2 nitrogen and oxygen atoms in total. The largest absolute Gasteiger partial charge is 0.498 e. The van der Waals surface area contributed by atoms with Crippen LogP contribution in [-0.4, -0.2) is 10.1 Å². The molecule has 2 aromatic rings. The quantitative estimate of drug-likeness (QED) is 0.836. The zero-order valence-corrected chi connectivity index (χ0v) is 10.1. The molecule has 0 fully saturated rings. The predicted octanol–water partition coefficient (Wildman–Crippen LogP) is 4.13. The van der Waals surface area contributed by atoms with Crippen LogP contribution in [0.2, 0.25) is 10.0 Å². The van der Waals surface area contributed by atoms with Crippen LogP contribution < -0.4 is 0 Å². The molecule has 0 radical (unpaired) electrons. The van der Waals surface area contributed by atoms with Gasteiger partial charge in [-0.2, -0.15) is 0 Å². The maximum atomic E-state index is 9.43. The molecule has 0 bridgehead atoms. The normalized spacial score (nSPS) is 10.6. The zero-order valence-electron chi connectivity index (χ0n) is 7.79. The van der Waals surface area contributed by atoms with E-state index in [1.54, 1.807) is 25.1 Å². The average Bonchev–Trinajstić information content (AvgIpc) is 2.46. The van der Waals surface area contributed by atoms with Crippen LogP contribution >= 0.6 is 34.5 Å². The molecule has 78 valence electrons. The summed E-state index contributed by atoms with van der Waals surface area (Å²) >= 11 is 13.0. The first-order chi connectivity index (χ1) is 7.08. The number of aromatic hydroxyl groups is 1. The van der Waals surface area contributed by atoms with Crippen LogP contribution in [0.15, 0.2) is 18.2 Å². The first kappa shape index (κ1) is 10.7. The van der Waals surface area contributed by atoms with Crippen molar-refractivity contribution < 1.29 is 5.11 Å². The third kappa shape index (κ3) is 2.09. The van der Waals surface area contributed by atoms with Crippen LogP contribution in [0.1, 0.15) is 5.69 Å². The Balaban J connectivity index is 2.54. The Morgan fingerprint density at radius 1 is 1.33 bits per heavy atom. The van der Waals surface area contributed by atoms with Crippen molar-refractivity contribution in [2.45, 2.75) is 6.92 Å². The number of aromatic nitrogens is 1. The van der Waals surface area contributed by atoms with Crippen molar-refractivity contribution in [3.05, 3.63) is 33.9 Å². The highest BCUT2D eigenvalue weighted by Gasteiger charge is 2.11. The van der Waals surface area contributed by atoms with Crippen LogP contribution in [0, 0.1) is 6.92 Å². The molecule has 0 saturated heterocycles. The molecule has 0 amide bonds. The number of rotatable bonds is 1. The molecule has 1 aromatic carbocycles. The second-order valence-corrected chi connectivity index (χ2v) is 4.85. The summed E-state index contributed by atoms with van der Waals surface area (Å²) in [6, 6.07) is 5.20. The van der Waals surface area contributed by atoms with E-state index in [9.17, 15) is 5.11 Å². The molecule has 5 heteroatoms. The van der Waals surface area contributed by atoms with Crippen LogP contribution in [0.5, 0.6) is 5.06 Å².